The summed E-state index contributed by atoms with van der Waals surface area (Å²) >= 11 is 0. The van der Waals surface area contributed by atoms with Gasteiger partial charge in [0.15, 0.2) is 0 Å². The molecule has 0 unspecified atom stereocenters. The monoisotopic (exact) mass is 370 g/mol. The minimum atomic E-state index is -0.431. The second-order valence-electron chi connectivity index (χ2n) is 7.54. The van der Waals surface area contributed by atoms with Crippen molar-refractivity contribution in [2.75, 3.05) is 25.0 Å². The van der Waals surface area contributed by atoms with Crippen molar-refractivity contribution in [2.24, 2.45) is 5.41 Å². The normalized spacial score (nSPS) is 23.3. The van der Waals surface area contributed by atoms with Crippen molar-refractivity contribution in [1.29, 1.82) is 0 Å². The molecule has 27 heavy (non-hydrogen) atoms. The van der Waals surface area contributed by atoms with Crippen molar-refractivity contribution < 1.29 is 10.2 Å². The van der Waals surface area contributed by atoms with Crippen LogP contribution in [0, 0.1) is 5.41 Å². The number of rotatable bonds is 8. The van der Waals surface area contributed by atoms with E-state index in [0.717, 1.165) is 31.5 Å². The van der Waals surface area contributed by atoms with Crippen molar-refractivity contribution in [1.82, 2.24) is 14.9 Å². The molecule has 1 aliphatic heterocycles. The molecule has 0 radical (unpaired) electrons. The zero-order valence-electron chi connectivity index (χ0n) is 16.0. The number of aliphatic hydroxyl groups excluding tert-OH is 2. The molecule has 0 amide bonds. The highest BCUT2D eigenvalue weighted by Gasteiger charge is 2.41. The molecule has 0 bridgehead atoms. The quantitative estimate of drug-likeness (QED) is 0.662. The SMILES string of the molecule is CCC[C@@]1(CO)CN(Cc2cnc(NCc3ccccc3)nc2)CC[C@H]1O. The van der Waals surface area contributed by atoms with Crippen LogP contribution < -0.4 is 5.32 Å². The fourth-order valence-electron chi connectivity index (χ4n) is 3.92. The number of hydrogen-bond acceptors (Lipinski definition) is 6. The smallest absolute Gasteiger partial charge is 0.222 e. The van der Waals surface area contributed by atoms with E-state index < -0.39 is 11.5 Å². The molecule has 1 fully saturated rings. The zero-order chi connectivity index (χ0) is 19.1. The standard InChI is InChI=1S/C21H30N4O2/c1-2-9-21(16-26)15-25(10-8-19(21)27)14-18-12-23-20(24-13-18)22-11-17-6-4-3-5-7-17/h3-7,12-13,19,26-27H,2,8-11,14-16H2,1H3,(H,22,23,24)/t19-,21+/m1/s1. The predicted molar refractivity (Wildman–Crippen MR) is 106 cm³/mol. The minimum Gasteiger partial charge on any atom is -0.396 e. The third-order valence-electron chi connectivity index (χ3n) is 5.43. The fourth-order valence-corrected chi connectivity index (χ4v) is 3.92. The molecular weight excluding hydrogens is 340 g/mol. The van der Waals surface area contributed by atoms with Crippen LogP contribution in [0.25, 0.3) is 0 Å². The number of benzene rings is 1. The van der Waals surface area contributed by atoms with Crippen LogP contribution in [-0.2, 0) is 13.1 Å². The van der Waals surface area contributed by atoms with Gasteiger partial charge in [-0.3, -0.25) is 4.90 Å². The highest BCUT2D eigenvalue weighted by molar-refractivity contribution is 5.28. The number of hydrogen-bond donors (Lipinski definition) is 3. The van der Waals surface area contributed by atoms with E-state index in [2.05, 4.69) is 39.2 Å². The number of anilines is 1. The van der Waals surface area contributed by atoms with Gasteiger partial charge in [-0.1, -0.05) is 43.7 Å². The Bertz CT molecular complexity index is 695. The van der Waals surface area contributed by atoms with E-state index in [4.69, 9.17) is 0 Å². The Hall–Kier alpha value is -2.02. The third kappa shape index (κ3) is 5.03. The molecule has 0 aliphatic carbocycles. The molecule has 1 aromatic carbocycles. The average molecular weight is 370 g/mol. The molecule has 1 saturated heterocycles. The first-order chi connectivity index (χ1) is 13.1. The van der Waals surface area contributed by atoms with Gasteiger partial charge in [-0.2, -0.15) is 0 Å². The van der Waals surface area contributed by atoms with E-state index >= 15 is 0 Å². The van der Waals surface area contributed by atoms with Gasteiger partial charge in [0.25, 0.3) is 0 Å². The lowest BCUT2D eigenvalue weighted by Gasteiger charge is -2.45. The van der Waals surface area contributed by atoms with Crippen molar-refractivity contribution in [3.63, 3.8) is 0 Å². The van der Waals surface area contributed by atoms with Crippen molar-refractivity contribution in [3.05, 3.63) is 53.9 Å². The van der Waals surface area contributed by atoms with Crippen LogP contribution in [-0.4, -0.2) is 50.9 Å². The molecule has 2 aromatic rings. The molecule has 3 N–H and O–H groups in total. The summed E-state index contributed by atoms with van der Waals surface area (Å²) in [5.41, 5.74) is 1.82. The van der Waals surface area contributed by atoms with Gasteiger partial charge in [-0.25, -0.2) is 9.97 Å². The minimum absolute atomic E-state index is 0.0251. The van der Waals surface area contributed by atoms with Crippen LogP contribution >= 0.6 is 0 Å². The van der Waals surface area contributed by atoms with Gasteiger partial charge < -0.3 is 15.5 Å². The van der Waals surface area contributed by atoms with Gasteiger partial charge in [0.1, 0.15) is 0 Å². The van der Waals surface area contributed by atoms with Crippen LogP contribution in [0.1, 0.15) is 37.3 Å². The third-order valence-corrected chi connectivity index (χ3v) is 5.43. The van der Waals surface area contributed by atoms with E-state index in [9.17, 15) is 10.2 Å². The Morgan fingerprint density at radius 3 is 2.59 bits per heavy atom. The van der Waals surface area contributed by atoms with Gasteiger partial charge >= 0.3 is 0 Å². The lowest BCUT2D eigenvalue weighted by molar-refractivity contribution is -0.0820. The Balaban J connectivity index is 1.56. The first-order valence-electron chi connectivity index (χ1n) is 9.75. The number of aromatic nitrogens is 2. The number of likely N-dealkylation sites (tertiary alicyclic amines) is 1. The molecule has 1 aromatic heterocycles. The lowest BCUT2D eigenvalue weighted by atomic mass is 9.74. The molecule has 146 valence electrons. The molecule has 0 spiro atoms. The van der Waals surface area contributed by atoms with Gasteiger partial charge in [0.05, 0.1) is 12.7 Å². The maximum Gasteiger partial charge on any atom is 0.222 e. The van der Waals surface area contributed by atoms with Crippen LogP contribution in [0.4, 0.5) is 5.95 Å². The molecule has 3 rings (SSSR count). The molecule has 2 atom stereocenters. The Morgan fingerprint density at radius 2 is 1.93 bits per heavy atom. The number of aliphatic hydroxyl groups is 2. The molecule has 6 nitrogen and oxygen atoms in total. The average Bonchev–Trinajstić information content (AvgIpc) is 2.71. The number of nitrogens with zero attached hydrogens (tertiary/aromatic N) is 3. The van der Waals surface area contributed by atoms with Crippen LogP contribution in [0.5, 0.6) is 0 Å². The predicted octanol–water partition coefficient (Wildman–Crippen LogP) is 2.43. The summed E-state index contributed by atoms with van der Waals surface area (Å²) in [6, 6.07) is 10.2. The van der Waals surface area contributed by atoms with E-state index in [1.807, 2.05) is 30.6 Å². The topological polar surface area (TPSA) is 81.5 Å². The molecule has 1 aliphatic rings. The van der Waals surface area contributed by atoms with E-state index in [-0.39, 0.29) is 6.61 Å². The second kappa shape index (κ2) is 9.26. The fraction of sp³-hybridized carbons (Fsp3) is 0.524. The lowest BCUT2D eigenvalue weighted by Crippen LogP contribution is -2.53. The van der Waals surface area contributed by atoms with Gasteiger partial charge in [-0.05, 0) is 18.4 Å². The summed E-state index contributed by atoms with van der Waals surface area (Å²) in [5.74, 6) is 0.618. The first kappa shape index (κ1) is 19.7. The van der Waals surface area contributed by atoms with Crippen molar-refractivity contribution in [2.45, 2.75) is 45.4 Å². The summed E-state index contributed by atoms with van der Waals surface area (Å²) in [4.78, 5) is 11.1. The largest absolute Gasteiger partial charge is 0.396 e. The number of piperidine rings is 1. The second-order valence-corrected chi connectivity index (χ2v) is 7.54. The first-order valence-corrected chi connectivity index (χ1v) is 9.75. The highest BCUT2D eigenvalue weighted by Crippen LogP contribution is 2.35. The Labute approximate surface area is 161 Å². The molecule has 6 heteroatoms. The summed E-state index contributed by atoms with van der Waals surface area (Å²) in [6.45, 7) is 5.07. The van der Waals surface area contributed by atoms with Crippen LogP contribution in [0.2, 0.25) is 0 Å². The Morgan fingerprint density at radius 1 is 1.19 bits per heavy atom. The van der Waals surface area contributed by atoms with E-state index in [1.165, 1.54) is 5.56 Å². The molecular formula is C21H30N4O2. The summed E-state index contributed by atoms with van der Waals surface area (Å²) in [5, 5.41) is 23.5. The number of nitrogens with one attached hydrogen (secondary N) is 1. The maximum absolute atomic E-state index is 10.4. The summed E-state index contributed by atoms with van der Waals surface area (Å²) in [7, 11) is 0. The van der Waals surface area contributed by atoms with Gasteiger partial charge in [0.2, 0.25) is 5.95 Å². The highest BCUT2D eigenvalue weighted by atomic mass is 16.3. The molecule has 0 saturated carbocycles. The molecule has 2 heterocycles. The Kier molecular flexibility index (Phi) is 6.77. The van der Waals surface area contributed by atoms with E-state index in [1.54, 1.807) is 0 Å². The summed E-state index contributed by atoms with van der Waals surface area (Å²) < 4.78 is 0. The maximum atomic E-state index is 10.4. The van der Waals surface area contributed by atoms with Gasteiger partial charge in [0, 0.05) is 49.6 Å². The van der Waals surface area contributed by atoms with Crippen molar-refractivity contribution in [3.8, 4) is 0 Å². The van der Waals surface area contributed by atoms with Gasteiger partial charge in [-0.15, -0.1) is 0 Å². The summed E-state index contributed by atoms with van der Waals surface area (Å²) in [6.07, 6.45) is 5.76. The van der Waals surface area contributed by atoms with E-state index in [0.29, 0.717) is 25.5 Å². The van der Waals surface area contributed by atoms with Crippen LogP contribution in [0.3, 0.4) is 0 Å². The van der Waals surface area contributed by atoms with Crippen molar-refractivity contribution >= 4 is 5.95 Å². The van der Waals surface area contributed by atoms with Crippen LogP contribution in [0.15, 0.2) is 42.7 Å². The zero-order valence-corrected chi connectivity index (χ0v) is 16.0.